The van der Waals surface area contributed by atoms with E-state index in [-0.39, 0.29) is 31.9 Å². The molecule has 0 radical (unpaired) electrons. The Kier molecular flexibility index (Phi) is 6.95. The first-order valence-electron chi connectivity index (χ1n) is 8.21. The Morgan fingerprint density at radius 3 is 2.64 bits per heavy atom. The maximum atomic E-state index is 12.3. The Labute approximate surface area is 147 Å². The Hall–Kier alpha value is -1.93. The van der Waals surface area contributed by atoms with E-state index >= 15 is 0 Å². The van der Waals surface area contributed by atoms with Crippen molar-refractivity contribution < 1.29 is 27.9 Å². The minimum absolute atomic E-state index is 0.0679. The zero-order valence-corrected chi connectivity index (χ0v) is 14.8. The van der Waals surface area contributed by atoms with Gasteiger partial charge in [-0.2, -0.15) is 0 Å². The number of carboxylic acids is 1. The SMILES string of the molecule is O=C(O)CC1COCCN1C(=O)CS(=O)(=O)CCCc1ccccc1. The van der Waals surface area contributed by atoms with Gasteiger partial charge >= 0.3 is 5.97 Å². The first-order chi connectivity index (χ1) is 11.9. The largest absolute Gasteiger partial charge is 0.481 e. The molecule has 138 valence electrons. The first-order valence-corrected chi connectivity index (χ1v) is 10.0. The number of sulfone groups is 1. The van der Waals surface area contributed by atoms with Gasteiger partial charge in [0.05, 0.1) is 31.4 Å². The van der Waals surface area contributed by atoms with E-state index in [0.717, 1.165) is 5.56 Å². The quantitative estimate of drug-likeness (QED) is 0.725. The van der Waals surface area contributed by atoms with Crippen LogP contribution < -0.4 is 0 Å². The molecule has 1 fully saturated rings. The van der Waals surface area contributed by atoms with Crippen LogP contribution in [-0.2, 0) is 30.6 Å². The number of benzene rings is 1. The fourth-order valence-corrected chi connectivity index (χ4v) is 4.11. The van der Waals surface area contributed by atoms with E-state index in [1.807, 2.05) is 30.3 Å². The fraction of sp³-hybridized carbons (Fsp3) is 0.529. The number of nitrogens with zero attached hydrogens (tertiary/aromatic N) is 1. The van der Waals surface area contributed by atoms with Crippen molar-refractivity contribution in [2.45, 2.75) is 25.3 Å². The molecule has 0 spiro atoms. The summed E-state index contributed by atoms with van der Waals surface area (Å²) in [5.74, 6) is -2.24. The molecule has 8 heteroatoms. The van der Waals surface area contributed by atoms with Crippen LogP contribution >= 0.6 is 0 Å². The molecule has 1 aliphatic rings. The molecular weight excluding hydrogens is 346 g/mol. The molecule has 1 N–H and O–H groups in total. The van der Waals surface area contributed by atoms with Crippen molar-refractivity contribution >= 4 is 21.7 Å². The lowest BCUT2D eigenvalue weighted by Gasteiger charge is -2.34. The smallest absolute Gasteiger partial charge is 0.305 e. The second-order valence-corrected chi connectivity index (χ2v) is 8.28. The van der Waals surface area contributed by atoms with Crippen LogP contribution in [0.3, 0.4) is 0 Å². The molecule has 1 unspecified atom stereocenters. The van der Waals surface area contributed by atoms with E-state index in [1.165, 1.54) is 4.90 Å². The van der Waals surface area contributed by atoms with E-state index < -0.39 is 33.5 Å². The van der Waals surface area contributed by atoms with Gasteiger partial charge in [0, 0.05) is 6.54 Å². The van der Waals surface area contributed by atoms with Crippen molar-refractivity contribution in [3.05, 3.63) is 35.9 Å². The fourth-order valence-electron chi connectivity index (χ4n) is 2.84. The average Bonchev–Trinajstić information content (AvgIpc) is 2.55. The monoisotopic (exact) mass is 369 g/mol. The number of carbonyl (C=O) groups excluding carboxylic acids is 1. The Morgan fingerprint density at radius 1 is 1.24 bits per heavy atom. The van der Waals surface area contributed by atoms with Crippen LogP contribution in [0.5, 0.6) is 0 Å². The molecule has 1 saturated heterocycles. The van der Waals surface area contributed by atoms with E-state index in [0.29, 0.717) is 12.8 Å². The van der Waals surface area contributed by atoms with Crippen molar-refractivity contribution in [3.8, 4) is 0 Å². The summed E-state index contributed by atoms with van der Waals surface area (Å²) in [4.78, 5) is 24.5. The molecule has 2 rings (SSSR count). The van der Waals surface area contributed by atoms with Gasteiger partial charge in [-0.05, 0) is 18.4 Å². The number of amides is 1. The maximum absolute atomic E-state index is 12.3. The molecule has 0 saturated carbocycles. The Balaban J connectivity index is 1.87. The third-order valence-corrected chi connectivity index (χ3v) is 5.66. The van der Waals surface area contributed by atoms with Crippen LogP contribution in [0.4, 0.5) is 0 Å². The zero-order valence-electron chi connectivity index (χ0n) is 14.0. The molecule has 1 aromatic rings. The molecule has 1 amide bonds. The van der Waals surface area contributed by atoms with Gasteiger partial charge in [0.2, 0.25) is 5.91 Å². The van der Waals surface area contributed by atoms with Crippen LogP contribution in [0.15, 0.2) is 30.3 Å². The molecular formula is C17H23NO6S. The molecule has 25 heavy (non-hydrogen) atoms. The third-order valence-electron chi connectivity index (χ3n) is 4.07. The van der Waals surface area contributed by atoms with Gasteiger partial charge in [-0.25, -0.2) is 8.42 Å². The molecule has 1 aliphatic heterocycles. The second-order valence-electron chi connectivity index (χ2n) is 6.09. The third kappa shape index (κ3) is 6.47. The normalized spacial score (nSPS) is 18.1. The molecule has 7 nitrogen and oxygen atoms in total. The number of hydrogen-bond acceptors (Lipinski definition) is 5. The summed E-state index contributed by atoms with van der Waals surface area (Å²) in [7, 11) is -3.53. The van der Waals surface area contributed by atoms with Crippen LogP contribution in [0.2, 0.25) is 0 Å². The minimum Gasteiger partial charge on any atom is -0.481 e. The summed E-state index contributed by atoms with van der Waals surface area (Å²) < 4.78 is 29.6. The molecule has 0 bridgehead atoms. The second kappa shape index (κ2) is 8.96. The summed E-state index contributed by atoms with van der Waals surface area (Å²) in [6, 6.07) is 8.94. The number of rotatable bonds is 8. The highest BCUT2D eigenvalue weighted by Crippen LogP contribution is 2.13. The Bertz CT molecular complexity index is 688. The summed E-state index contributed by atoms with van der Waals surface area (Å²) in [6.07, 6.45) is 0.828. The van der Waals surface area contributed by atoms with Gasteiger partial charge < -0.3 is 14.7 Å². The number of ether oxygens (including phenoxy) is 1. The lowest BCUT2D eigenvalue weighted by atomic mass is 10.1. The molecule has 0 aliphatic carbocycles. The molecule has 1 aromatic carbocycles. The lowest BCUT2D eigenvalue weighted by molar-refractivity contribution is -0.144. The number of hydrogen-bond donors (Lipinski definition) is 1. The van der Waals surface area contributed by atoms with E-state index in [4.69, 9.17) is 9.84 Å². The predicted molar refractivity (Wildman–Crippen MR) is 92.0 cm³/mol. The van der Waals surface area contributed by atoms with Crippen LogP contribution in [0.1, 0.15) is 18.4 Å². The van der Waals surface area contributed by atoms with Gasteiger partial charge in [0.25, 0.3) is 0 Å². The molecule has 1 heterocycles. The zero-order chi connectivity index (χ0) is 18.3. The number of morpholine rings is 1. The number of carboxylic acid groups (broad SMARTS) is 1. The van der Waals surface area contributed by atoms with Gasteiger partial charge in [0.15, 0.2) is 9.84 Å². The van der Waals surface area contributed by atoms with Gasteiger partial charge in [-0.1, -0.05) is 30.3 Å². The Morgan fingerprint density at radius 2 is 1.96 bits per heavy atom. The predicted octanol–water partition coefficient (Wildman–Crippen LogP) is 0.736. The maximum Gasteiger partial charge on any atom is 0.305 e. The van der Waals surface area contributed by atoms with E-state index in [2.05, 4.69) is 0 Å². The van der Waals surface area contributed by atoms with Gasteiger partial charge in [0.1, 0.15) is 5.75 Å². The van der Waals surface area contributed by atoms with Crippen molar-refractivity contribution in [2.24, 2.45) is 0 Å². The van der Waals surface area contributed by atoms with Crippen molar-refractivity contribution in [1.29, 1.82) is 0 Å². The summed E-state index contributed by atoms with van der Waals surface area (Å²) in [6.45, 7) is 0.623. The van der Waals surface area contributed by atoms with Gasteiger partial charge in [-0.3, -0.25) is 9.59 Å². The highest BCUT2D eigenvalue weighted by Gasteiger charge is 2.31. The number of carbonyl (C=O) groups is 2. The van der Waals surface area contributed by atoms with Crippen LogP contribution in [0, 0.1) is 0 Å². The summed E-state index contributed by atoms with van der Waals surface area (Å²) in [5.41, 5.74) is 1.05. The van der Waals surface area contributed by atoms with Gasteiger partial charge in [-0.15, -0.1) is 0 Å². The van der Waals surface area contributed by atoms with Crippen molar-refractivity contribution in [1.82, 2.24) is 4.90 Å². The highest BCUT2D eigenvalue weighted by atomic mass is 32.2. The molecule has 1 atom stereocenters. The summed E-state index contributed by atoms with van der Waals surface area (Å²) in [5, 5.41) is 8.91. The summed E-state index contributed by atoms with van der Waals surface area (Å²) >= 11 is 0. The lowest BCUT2D eigenvalue weighted by Crippen LogP contribution is -2.51. The van der Waals surface area contributed by atoms with Crippen molar-refractivity contribution in [2.75, 3.05) is 31.3 Å². The number of aryl methyl sites for hydroxylation is 1. The average molecular weight is 369 g/mol. The molecule has 0 aromatic heterocycles. The standard InChI is InChI=1S/C17H23NO6S/c19-16(18-8-9-24-12-15(18)11-17(20)21)13-25(22,23)10-4-7-14-5-2-1-3-6-14/h1-3,5-6,15H,4,7-13H2,(H,20,21). The van der Waals surface area contributed by atoms with E-state index in [1.54, 1.807) is 0 Å². The highest BCUT2D eigenvalue weighted by molar-refractivity contribution is 7.92. The topological polar surface area (TPSA) is 101 Å². The van der Waals surface area contributed by atoms with E-state index in [9.17, 15) is 18.0 Å². The minimum atomic E-state index is -3.53. The van der Waals surface area contributed by atoms with Crippen LogP contribution in [-0.4, -0.2) is 67.6 Å². The van der Waals surface area contributed by atoms with Crippen LogP contribution in [0.25, 0.3) is 0 Å². The first kappa shape index (κ1) is 19.4. The number of aliphatic carboxylic acids is 1. The van der Waals surface area contributed by atoms with Crippen molar-refractivity contribution in [3.63, 3.8) is 0 Å².